The maximum atomic E-state index is 11.4. The van der Waals surface area contributed by atoms with E-state index in [1.165, 1.54) is 0 Å². The summed E-state index contributed by atoms with van der Waals surface area (Å²) < 4.78 is 10.8. The van der Waals surface area contributed by atoms with Gasteiger partial charge in [0.1, 0.15) is 18.1 Å². The predicted octanol–water partition coefficient (Wildman–Crippen LogP) is 2.61. The quantitative estimate of drug-likeness (QED) is 0.516. The number of aryl methyl sites for hydroxylation is 1. The van der Waals surface area contributed by atoms with Crippen LogP contribution in [0.1, 0.15) is 5.56 Å². The zero-order valence-electron chi connectivity index (χ0n) is 11.3. The van der Waals surface area contributed by atoms with E-state index in [0.29, 0.717) is 11.5 Å². The molecule has 0 fully saturated rings. The van der Waals surface area contributed by atoms with Crippen molar-refractivity contribution in [2.45, 2.75) is 6.92 Å². The summed E-state index contributed by atoms with van der Waals surface area (Å²) in [7, 11) is 0. The maximum absolute atomic E-state index is 11.4. The second kappa shape index (κ2) is 6.21. The van der Waals surface area contributed by atoms with Crippen LogP contribution in [0.2, 0.25) is 0 Å². The number of carbonyl (C=O) groups excluding carboxylic acids is 1. The lowest BCUT2D eigenvalue weighted by molar-refractivity contribution is -0.128. The first-order valence-corrected chi connectivity index (χ1v) is 6.27. The Labute approximate surface area is 117 Å². The second-order valence-corrected chi connectivity index (χ2v) is 4.26. The van der Waals surface area contributed by atoms with Crippen molar-refractivity contribution in [2.24, 2.45) is 0 Å². The summed E-state index contributed by atoms with van der Waals surface area (Å²) in [4.78, 5) is 11.4. The number of rotatable bonds is 5. The number of hydrogen-bond acceptors (Lipinski definition) is 4. The molecule has 0 spiro atoms. The van der Waals surface area contributed by atoms with E-state index in [9.17, 15) is 4.79 Å². The average Bonchev–Trinajstić information content (AvgIpc) is 2.48. The third-order valence-electron chi connectivity index (χ3n) is 2.86. The number of hydrogen-bond donors (Lipinski definition) is 1. The largest absolute Gasteiger partial charge is 0.491 e. The van der Waals surface area contributed by atoms with Gasteiger partial charge < -0.3 is 14.6 Å². The van der Waals surface area contributed by atoms with Crippen LogP contribution in [-0.4, -0.2) is 24.3 Å². The van der Waals surface area contributed by atoms with Crippen molar-refractivity contribution >= 4 is 16.7 Å². The lowest BCUT2D eigenvalue weighted by Crippen LogP contribution is -2.06. The molecule has 0 amide bonds. The van der Waals surface area contributed by atoms with Gasteiger partial charge >= 0.3 is 5.97 Å². The van der Waals surface area contributed by atoms with Gasteiger partial charge in [0.15, 0.2) is 0 Å². The first-order valence-electron chi connectivity index (χ1n) is 6.27. The molecule has 0 radical (unpaired) electrons. The van der Waals surface area contributed by atoms with Crippen LogP contribution < -0.4 is 9.47 Å². The van der Waals surface area contributed by atoms with Crippen molar-refractivity contribution in [3.8, 4) is 11.5 Å². The number of fused-ring (bicyclic) bond motifs is 1. The van der Waals surface area contributed by atoms with Gasteiger partial charge in [0, 0.05) is 16.8 Å². The minimum absolute atomic E-state index is 0.0550. The van der Waals surface area contributed by atoms with Gasteiger partial charge in [0.2, 0.25) is 0 Å². The van der Waals surface area contributed by atoms with E-state index < -0.39 is 5.97 Å². The van der Waals surface area contributed by atoms with Crippen LogP contribution in [0.25, 0.3) is 10.8 Å². The summed E-state index contributed by atoms with van der Waals surface area (Å²) in [5, 5.41) is 10.5. The molecule has 2 aromatic carbocycles. The van der Waals surface area contributed by atoms with Gasteiger partial charge in [-0.1, -0.05) is 30.8 Å². The fourth-order valence-corrected chi connectivity index (χ4v) is 2.00. The van der Waals surface area contributed by atoms with Gasteiger partial charge in [-0.2, -0.15) is 0 Å². The third kappa shape index (κ3) is 2.81. The number of ether oxygens (including phenoxy) is 2. The van der Waals surface area contributed by atoms with Gasteiger partial charge in [-0.25, -0.2) is 4.79 Å². The lowest BCUT2D eigenvalue weighted by Gasteiger charge is -2.14. The Morgan fingerprint density at radius 3 is 2.70 bits per heavy atom. The van der Waals surface area contributed by atoms with Crippen molar-refractivity contribution in [1.82, 2.24) is 0 Å². The van der Waals surface area contributed by atoms with Gasteiger partial charge in [-0.3, -0.25) is 0 Å². The minimum atomic E-state index is -0.498. The number of aliphatic hydroxyl groups is 1. The lowest BCUT2D eigenvalue weighted by atomic mass is 10.0. The molecule has 4 heteroatoms. The molecular formula is C16H16O4. The Bertz CT molecular complexity index is 646. The second-order valence-electron chi connectivity index (χ2n) is 4.26. The Morgan fingerprint density at radius 2 is 2.05 bits per heavy atom. The predicted molar refractivity (Wildman–Crippen MR) is 77.1 cm³/mol. The van der Waals surface area contributed by atoms with E-state index in [1.54, 1.807) is 6.07 Å². The zero-order valence-corrected chi connectivity index (χ0v) is 11.3. The van der Waals surface area contributed by atoms with Crippen molar-refractivity contribution in [3.63, 3.8) is 0 Å². The molecule has 4 nitrogen and oxygen atoms in total. The molecule has 0 saturated carbocycles. The highest BCUT2D eigenvalue weighted by Gasteiger charge is 2.13. The summed E-state index contributed by atoms with van der Waals surface area (Å²) in [5.41, 5.74) is 0.784. The molecule has 0 aliphatic carbocycles. The third-order valence-corrected chi connectivity index (χ3v) is 2.86. The fraction of sp³-hybridized carbons (Fsp3) is 0.188. The van der Waals surface area contributed by atoms with E-state index in [4.69, 9.17) is 14.6 Å². The first-order chi connectivity index (χ1) is 9.67. The molecule has 0 bridgehead atoms. The molecule has 0 aliphatic heterocycles. The summed E-state index contributed by atoms with van der Waals surface area (Å²) in [6.45, 7) is 5.40. The molecule has 0 unspecified atom stereocenters. The molecule has 0 aliphatic rings. The van der Waals surface area contributed by atoms with Crippen LogP contribution in [0, 0.1) is 6.92 Å². The van der Waals surface area contributed by atoms with Gasteiger partial charge in [0.25, 0.3) is 0 Å². The minimum Gasteiger partial charge on any atom is -0.491 e. The number of esters is 1. The molecule has 104 valence electrons. The topological polar surface area (TPSA) is 55.8 Å². The maximum Gasteiger partial charge on any atom is 0.335 e. The number of aliphatic hydroxyl groups excluding tert-OH is 1. The smallest absolute Gasteiger partial charge is 0.335 e. The van der Waals surface area contributed by atoms with Crippen LogP contribution >= 0.6 is 0 Å². The van der Waals surface area contributed by atoms with Crippen molar-refractivity contribution in [3.05, 3.63) is 48.6 Å². The summed E-state index contributed by atoms with van der Waals surface area (Å²) in [6, 6.07) is 9.28. The first kappa shape index (κ1) is 14.1. The molecule has 2 aromatic rings. The molecular weight excluding hydrogens is 256 g/mol. The molecule has 2 rings (SSSR count). The monoisotopic (exact) mass is 272 g/mol. The molecule has 20 heavy (non-hydrogen) atoms. The average molecular weight is 272 g/mol. The summed E-state index contributed by atoms with van der Waals surface area (Å²) in [5.74, 6) is 0.662. The normalized spacial score (nSPS) is 10.3. The van der Waals surface area contributed by atoms with Gasteiger partial charge in [-0.05, 0) is 18.6 Å². The van der Waals surface area contributed by atoms with Crippen LogP contribution in [0.4, 0.5) is 0 Å². The van der Waals surface area contributed by atoms with Crippen LogP contribution in [-0.2, 0) is 4.79 Å². The van der Waals surface area contributed by atoms with E-state index in [-0.39, 0.29) is 13.2 Å². The van der Waals surface area contributed by atoms with Gasteiger partial charge in [-0.15, -0.1) is 0 Å². The summed E-state index contributed by atoms with van der Waals surface area (Å²) in [6.07, 6.45) is 1.13. The van der Waals surface area contributed by atoms with Crippen LogP contribution in [0.15, 0.2) is 43.0 Å². The Hall–Kier alpha value is -2.33. The molecule has 1 N–H and O–H groups in total. The standard InChI is InChI=1S/C16H16O4/c1-3-15(18)20-16-11(2)10-14(19-9-8-17)12-6-4-5-7-13(12)16/h3-7,10,17H,1,8-9H2,2H3. The van der Waals surface area contributed by atoms with Crippen molar-refractivity contribution in [2.75, 3.05) is 13.2 Å². The van der Waals surface area contributed by atoms with E-state index in [2.05, 4.69) is 6.58 Å². The fourth-order valence-electron chi connectivity index (χ4n) is 2.00. The highest BCUT2D eigenvalue weighted by molar-refractivity contribution is 5.97. The SMILES string of the molecule is C=CC(=O)Oc1c(C)cc(OCCO)c2ccccc12. The Kier molecular flexibility index (Phi) is 4.38. The Morgan fingerprint density at radius 1 is 1.35 bits per heavy atom. The number of benzene rings is 2. The highest BCUT2D eigenvalue weighted by atomic mass is 16.5. The van der Waals surface area contributed by atoms with Crippen molar-refractivity contribution in [1.29, 1.82) is 0 Å². The molecule has 0 heterocycles. The number of carbonyl (C=O) groups is 1. The molecule has 0 aromatic heterocycles. The summed E-state index contributed by atoms with van der Waals surface area (Å²) >= 11 is 0. The van der Waals surface area contributed by atoms with Gasteiger partial charge in [0.05, 0.1) is 6.61 Å². The molecule has 0 atom stereocenters. The van der Waals surface area contributed by atoms with Crippen molar-refractivity contribution < 1.29 is 19.4 Å². The van der Waals surface area contributed by atoms with E-state index >= 15 is 0 Å². The zero-order chi connectivity index (χ0) is 14.5. The molecule has 0 saturated heterocycles. The van der Waals surface area contributed by atoms with E-state index in [1.807, 2.05) is 31.2 Å². The van der Waals surface area contributed by atoms with Crippen LogP contribution in [0.5, 0.6) is 11.5 Å². The van der Waals surface area contributed by atoms with Crippen LogP contribution in [0.3, 0.4) is 0 Å². The Balaban J connectivity index is 2.56. The van der Waals surface area contributed by atoms with E-state index in [0.717, 1.165) is 22.4 Å². The highest BCUT2D eigenvalue weighted by Crippen LogP contribution is 2.36.